The van der Waals surface area contributed by atoms with Crippen LogP contribution in [0.3, 0.4) is 0 Å². The van der Waals surface area contributed by atoms with Gasteiger partial charge in [-0.05, 0) is 31.7 Å². The third kappa shape index (κ3) is 7.15. The zero-order chi connectivity index (χ0) is 33.6. The molecule has 4 saturated heterocycles. The summed E-state index contributed by atoms with van der Waals surface area (Å²) in [6, 6.07) is 6.89. The molecule has 1 aromatic carbocycles. The minimum absolute atomic E-state index is 0.0812. The van der Waals surface area contributed by atoms with Gasteiger partial charge in [0.05, 0.1) is 49.8 Å². The van der Waals surface area contributed by atoms with Crippen molar-refractivity contribution >= 4 is 23.7 Å². The maximum atomic E-state index is 14.5. The number of ether oxygens (including phenoxy) is 3. The fourth-order valence-corrected chi connectivity index (χ4v) is 7.58. The van der Waals surface area contributed by atoms with Crippen LogP contribution in [0.15, 0.2) is 55.6 Å². The number of carbonyl (C=O) groups excluding carboxylic acids is 4. The number of hydrogen-bond acceptors (Lipinski definition) is 9. The number of esters is 1. The van der Waals surface area contributed by atoms with Gasteiger partial charge in [-0.2, -0.15) is 0 Å². The van der Waals surface area contributed by atoms with E-state index in [0.29, 0.717) is 45.6 Å². The third-order valence-electron chi connectivity index (χ3n) is 9.95. The van der Waals surface area contributed by atoms with E-state index in [9.17, 15) is 24.3 Å². The highest BCUT2D eigenvalue weighted by Crippen LogP contribution is 2.59. The van der Waals surface area contributed by atoms with Crippen LogP contribution in [0.25, 0.3) is 0 Å². The lowest BCUT2D eigenvalue weighted by atomic mass is 9.70. The van der Waals surface area contributed by atoms with Crippen LogP contribution in [0, 0.1) is 11.8 Å². The summed E-state index contributed by atoms with van der Waals surface area (Å²) in [6.45, 7) is 13.0. The molecule has 12 nitrogen and oxygen atoms in total. The molecule has 7 atom stereocenters. The number of amides is 3. The SMILES string of the molecule is C=CCCC(=O)OC[C@@H](NC(=O)[C@@H]1[C@H]2C(=O)N([C@H](C)CO)[C@H](C(=O)N(CC=C)CCN3CCOCC3)[C@]23CC[C@H]1O3)c1ccccc1. The topological polar surface area (TPSA) is 138 Å². The first-order valence-corrected chi connectivity index (χ1v) is 16.7. The van der Waals surface area contributed by atoms with Crippen LogP contribution in [-0.2, 0) is 33.4 Å². The summed E-state index contributed by atoms with van der Waals surface area (Å²) in [5, 5.41) is 13.3. The molecule has 2 N–H and O–H groups in total. The number of carbonyl (C=O) groups is 4. The Hall–Kier alpha value is -3.58. The molecule has 0 aliphatic carbocycles. The number of likely N-dealkylation sites (tertiary alicyclic amines) is 1. The van der Waals surface area contributed by atoms with Crippen molar-refractivity contribution in [1.82, 2.24) is 20.0 Å². The first-order chi connectivity index (χ1) is 22.7. The highest BCUT2D eigenvalue weighted by molar-refractivity contribution is 5.99. The Kier molecular flexibility index (Phi) is 11.5. The maximum Gasteiger partial charge on any atom is 0.306 e. The lowest BCUT2D eigenvalue weighted by Crippen LogP contribution is -2.59. The molecule has 4 heterocycles. The standard InChI is InChI=1S/C35H48N4O8/c1-4-6-12-28(41)46-23-26(25-10-8-7-9-11-25)36-32(42)29-27-13-14-35(47-27)30(29)33(43)39(24(3)22-40)31(35)34(44)38(15-5-2)17-16-37-18-20-45-21-19-37/h4-5,7-11,24,26-27,29-31,40H,1-2,6,12-23H2,3H3,(H,36,42)/t24-,26-,27-,29+,30+,31-,35+/m1/s1. The van der Waals surface area contributed by atoms with Gasteiger partial charge >= 0.3 is 5.97 Å². The van der Waals surface area contributed by atoms with Crippen LogP contribution in [0.1, 0.15) is 44.2 Å². The number of allylic oxidation sites excluding steroid dienone is 1. The molecule has 5 rings (SSSR count). The van der Waals surface area contributed by atoms with Gasteiger partial charge in [-0.1, -0.05) is 42.5 Å². The molecule has 0 radical (unpaired) electrons. The van der Waals surface area contributed by atoms with Gasteiger partial charge in [0, 0.05) is 39.1 Å². The summed E-state index contributed by atoms with van der Waals surface area (Å²) in [7, 11) is 0. The quantitative estimate of drug-likeness (QED) is 0.201. The Balaban J connectivity index is 1.39. The molecule has 4 aliphatic heterocycles. The predicted octanol–water partition coefficient (Wildman–Crippen LogP) is 1.46. The number of nitrogens with zero attached hydrogens (tertiary/aromatic N) is 3. The molecule has 0 aromatic heterocycles. The van der Waals surface area contributed by atoms with E-state index in [2.05, 4.69) is 23.4 Å². The fourth-order valence-electron chi connectivity index (χ4n) is 7.58. The van der Waals surface area contributed by atoms with Gasteiger partial charge < -0.3 is 34.4 Å². The van der Waals surface area contributed by atoms with Gasteiger partial charge in [-0.25, -0.2) is 0 Å². The lowest BCUT2D eigenvalue weighted by Gasteiger charge is -2.39. The van der Waals surface area contributed by atoms with Crippen molar-refractivity contribution in [1.29, 1.82) is 0 Å². The monoisotopic (exact) mass is 652 g/mol. The molecule has 2 bridgehead atoms. The van der Waals surface area contributed by atoms with Gasteiger partial charge in [0.15, 0.2) is 0 Å². The number of fused-ring (bicyclic) bond motifs is 1. The van der Waals surface area contributed by atoms with Crippen LogP contribution < -0.4 is 5.32 Å². The number of benzene rings is 1. The predicted molar refractivity (Wildman–Crippen MR) is 173 cm³/mol. The largest absolute Gasteiger partial charge is 0.463 e. The minimum Gasteiger partial charge on any atom is -0.463 e. The molecule has 256 valence electrons. The average molecular weight is 653 g/mol. The lowest BCUT2D eigenvalue weighted by molar-refractivity contribution is -0.151. The minimum atomic E-state index is -1.21. The highest BCUT2D eigenvalue weighted by Gasteiger charge is 2.75. The van der Waals surface area contributed by atoms with Crippen molar-refractivity contribution in [2.75, 3.05) is 59.2 Å². The summed E-state index contributed by atoms with van der Waals surface area (Å²) in [6.07, 6.45) is 4.36. The number of aliphatic hydroxyl groups excluding tert-OH is 1. The molecular weight excluding hydrogens is 604 g/mol. The van der Waals surface area contributed by atoms with E-state index in [0.717, 1.165) is 18.7 Å². The van der Waals surface area contributed by atoms with Crippen molar-refractivity contribution in [3.8, 4) is 0 Å². The summed E-state index contributed by atoms with van der Waals surface area (Å²) in [4.78, 5) is 60.7. The van der Waals surface area contributed by atoms with Crippen molar-refractivity contribution in [2.45, 2.75) is 62.4 Å². The first kappa shape index (κ1) is 34.7. The molecule has 3 amide bonds. The Bertz CT molecular complexity index is 1300. The van der Waals surface area contributed by atoms with E-state index < -0.39 is 53.5 Å². The maximum absolute atomic E-state index is 14.5. The van der Waals surface area contributed by atoms with Crippen molar-refractivity contribution in [3.63, 3.8) is 0 Å². The van der Waals surface area contributed by atoms with Crippen molar-refractivity contribution in [3.05, 3.63) is 61.2 Å². The molecule has 0 saturated carbocycles. The van der Waals surface area contributed by atoms with E-state index >= 15 is 0 Å². The second kappa shape index (κ2) is 15.5. The summed E-state index contributed by atoms with van der Waals surface area (Å²) in [5.74, 6) is -3.20. The Morgan fingerprint density at radius 1 is 1.19 bits per heavy atom. The second-order valence-electron chi connectivity index (χ2n) is 12.8. The third-order valence-corrected chi connectivity index (χ3v) is 9.95. The zero-order valence-electron chi connectivity index (χ0n) is 27.3. The molecular formula is C35H48N4O8. The van der Waals surface area contributed by atoms with Gasteiger partial charge in [-0.15, -0.1) is 13.2 Å². The van der Waals surface area contributed by atoms with Gasteiger partial charge in [0.2, 0.25) is 17.7 Å². The number of rotatable bonds is 16. The normalized spacial score (nSPS) is 28.0. The molecule has 4 fully saturated rings. The molecule has 47 heavy (non-hydrogen) atoms. The van der Waals surface area contributed by atoms with E-state index in [1.54, 1.807) is 24.0 Å². The van der Waals surface area contributed by atoms with Crippen LogP contribution in [0.4, 0.5) is 0 Å². The van der Waals surface area contributed by atoms with E-state index in [4.69, 9.17) is 14.2 Å². The zero-order valence-corrected chi connectivity index (χ0v) is 27.3. The summed E-state index contributed by atoms with van der Waals surface area (Å²) < 4.78 is 17.6. The summed E-state index contributed by atoms with van der Waals surface area (Å²) >= 11 is 0. The number of hydrogen-bond donors (Lipinski definition) is 2. The number of morpholine rings is 1. The molecule has 1 aromatic rings. The van der Waals surface area contributed by atoms with Gasteiger partial charge in [-0.3, -0.25) is 24.1 Å². The summed E-state index contributed by atoms with van der Waals surface area (Å²) in [5.41, 5.74) is -0.458. The van der Waals surface area contributed by atoms with Crippen molar-refractivity contribution < 1.29 is 38.5 Å². The average Bonchev–Trinajstić information content (AvgIpc) is 3.75. The molecule has 4 aliphatic rings. The van der Waals surface area contributed by atoms with E-state index in [1.807, 2.05) is 30.3 Å². The van der Waals surface area contributed by atoms with Crippen molar-refractivity contribution in [2.24, 2.45) is 11.8 Å². The van der Waals surface area contributed by atoms with E-state index in [1.165, 1.54) is 4.90 Å². The fraction of sp³-hybridized carbons (Fsp3) is 0.600. The van der Waals surface area contributed by atoms with Gasteiger partial charge in [0.25, 0.3) is 0 Å². The van der Waals surface area contributed by atoms with Crippen LogP contribution in [-0.4, -0.2) is 126 Å². The Morgan fingerprint density at radius 3 is 2.62 bits per heavy atom. The highest BCUT2D eigenvalue weighted by atomic mass is 16.5. The van der Waals surface area contributed by atoms with E-state index in [-0.39, 0.29) is 38.0 Å². The van der Waals surface area contributed by atoms with Crippen LogP contribution >= 0.6 is 0 Å². The van der Waals surface area contributed by atoms with Crippen LogP contribution in [0.2, 0.25) is 0 Å². The molecule has 0 unspecified atom stereocenters. The Labute approximate surface area is 276 Å². The van der Waals surface area contributed by atoms with Gasteiger partial charge in [0.1, 0.15) is 18.2 Å². The first-order valence-electron chi connectivity index (χ1n) is 16.7. The smallest absolute Gasteiger partial charge is 0.306 e. The Morgan fingerprint density at radius 2 is 1.94 bits per heavy atom. The number of nitrogens with one attached hydrogen (secondary N) is 1. The van der Waals surface area contributed by atoms with Crippen LogP contribution in [0.5, 0.6) is 0 Å². The molecule has 1 spiro atoms. The second-order valence-corrected chi connectivity index (χ2v) is 12.8. The molecule has 12 heteroatoms. The number of aliphatic hydroxyl groups is 1.